The number of aliphatic hydroxyl groups excluding tert-OH is 4. The fourth-order valence-electron chi connectivity index (χ4n) is 7.68. The van der Waals surface area contributed by atoms with E-state index in [2.05, 4.69) is 40.7 Å². The summed E-state index contributed by atoms with van der Waals surface area (Å²) in [6.07, 6.45) is -0.908. The summed E-state index contributed by atoms with van der Waals surface area (Å²) in [6, 6.07) is 0. The maximum Gasteiger partial charge on any atom is 0.333 e. The molecule has 11 atom stereocenters. The Morgan fingerprint density at radius 3 is 2.40 bits per heavy atom. The lowest BCUT2D eigenvalue weighted by Crippen LogP contribution is -2.64. The second-order valence-electron chi connectivity index (χ2n) is 13.6. The van der Waals surface area contributed by atoms with Gasteiger partial charge in [0.25, 0.3) is 0 Å². The third-order valence-electron chi connectivity index (χ3n) is 10.4. The van der Waals surface area contributed by atoms with Gasteiger partial charge in [0.15, 0.2) is 6.29 Å². The lowest BCUT2D eigenvalue weighted by atomic mass is 9.46. The number of ether oxygens (including phenoxy) is 3. The molecule has 0 aromatic rings. The molecule has 2 fully saturated rings. The predicted molar refractivity (Wildman–Crippen MR) is 155 cm³/mol. The van der Waals surface area contributed by atoms with Crippen molar-refractivity contribution in [2.45, 2.75) is 130 Å². The highest BCUT2D eigenvalue weighted by molar-refractivity contribution is 5.87. The molecule has 0 amide bonds. The van der Waals surface area contributed by atoms with Crippen LogP contribution in [0.15, 0.2) is 23.3 Å². The van der Waals surface area contributed by atoms with Gasteiger partial charge in [-0.05, 0) is 69.6 Å². The molecule has 2 unspecified atom stereocenters. The maximum atomic E-state index is 13.1. The van der Waals surface area contributed by atoms with Gasteiger partial charge in [-0.25, -0.2) is 4.79 Å². The van der Waals surface area contributed by atoms with E-state index in [1.54, 1.807) is 19.9 Å². The molecular weight excluding hydrogens is 544 g/mol. The van der Waals surface area contributed by atoms with Crippen molar-refractivity contribution in [3.63, 3.8) is 0 Å². The van der Waals surface area contributed by atoms with E-state index in [4.69, 9.17) is 19.3 Å². The first-order chi connectivity index (χ1) is 19.6. The highest BCUT2D eigenvalue weighted by Gasteiger charge is 2.61. The monoisotopic (exact) mass is 596 g/mol. The third kappa shape index (κ3) is 7.11. The fourth-order valence-corrected chi connectivity index (χ4v) is 7.68. The average molecular weight is 597 g/mol. The molecule has 1 saturated carbocycles. The molecule has 0 aromatic carbocycles. The summed E-state index contributed by atoms with van der Waals surface area (Å²) < 4.78 is 18.3. The van der Waals surface area contributed by atoms with Gasteiger partial charge < -0.3 is 39.7 Å². The number of carbonyl (C=O) groups is 2. The number of carboxylic acid groups (broad SMARTS) is 1. The first-order valence-electron chi connectivity index (χ1n) is 15.3. The third-order valence-corrected chi connectivity index (χ3v) is 10.4. The Morgan fingerprint density at radius 1 is 1.14 bits per heavy atom. The minimum atomic E-state index is -1.59. The zero-order valence-corrected chi connectivity index (χ0v) is 26.2. The van der Waals surface area contributed by atoms with Crippen LogP contribution in [-0.2, 0) is 23.8 Å². The molecule has 5 N–H and O–H groups in total. The van der Waals surface area contributed by atoms with Crippen molar-refractivity contribution >= 4 is 11.9 Å². The highest BCUT2D eigenvalue weighted by Crippen LogP contribution is 2.62. The molecule has 0 bridgehead atoms. The zero-order valence-electron chi connectivity index (χ0n) is 26.2. The van der Waals surface area contributed by atoms with Crippen molar-refractivity contribution in [2.24, 2.45) is 28.6 Å². The zero-order chi connectivity index (χ0) is 31.6. The Kier molecular flexibility index (Phi) is 11.4. The smallest absolute Gasteiger partial charge is 0.333 e. The van der Waals surface area contributed by atoms with Gasteiger partial charge in [-0.2, -0.15) is 0 Å². The molecule has 10 heteroatoms. The molecule has 42 heavy (non-hydrogen) atoms. The molecule has 3 rings (SSSR count). The van der Waals surface area contributed by atoms with Crippen LogP contribution in [0.3, 0.4) is 0 Å². The SMILES string of the molecule is C/C=C(/C)C(=O)OC1C(O[C@@H]2O[C@H](CO)[C@@H](O)[C@H](O)[C@H]2O)C[C@]2(C)[C@@H](CC[C@H](C)CCC(=O)O)C(C)=CC[C@H]2C1(C)C. The molecule has 3 aliphatic rings. The van der Waals surface area contributed by atoms with Crippen molar-refractivity contribution in [2.75, 3.05) is 6.61 Å². The van der Waals surface area contributed by atoms with E-state index < -0.39 is 66.9 Å². The first-order valence-corrected chi connectivity index (χ1v) is 15.3. The Labute approximate surface area is 249 Å². The Hall–Kier alpha value is -1.82. The van der Waals surface area contributed by atoms with Crippen molar-refractivity contribution in [3.8, 4) is 0 Å². The van der Waals surface area contributed by atoms with Gasteiger partial charge in [-0.3, -0.25) is 4.79 Å². The fraction of sp³-hybridized carbons (Fsp3) is 0.812. The molecule has 1 aliphatic heterocycles. The number of carbonyl (C=O) groups excluding carboxylic acids is 1. The molecule has 0 radical (unpaired) electrons. The predicted octanol–water partition coefficient (Wildman–Crippen LogP) is 3.35. The van der Waals surface area contributed by atoms with Gasteiger partial charge in [0.05, 0.1) is 12.7 Å². The quantitative estimate of drug-likeness (QED) is 0.136. The summed E-state index contributed by atoms with van der Waals surface area (Å²) in [5.41, 5.74) is 0.853. The molecule has 10 nitrogen and oxygen atoms in total. The van der Waals surface area contributed by atoms with Gasteiger partial charge in [0.1, 0.15) is 30.5 Å². The van der Waals surface area contributed by atoms with Crippen LogP contribution in [-0.4, -0.2) is 87.0 Å². The lowest BCUT2D eigenvalue weighted by molar-refractivity contribution is -0.331. The number of esters is 1. The number of allylic oxidation sites excluding steroid dienone is 3. The molecule has 0 aromatic heterocycles. The van der Waals surface area contributed by atoms with E-state index >= 15 is 0 Å². The highest BCUT2D eigenvalue weighted by atomic mass is 16.7. The van der Waals surface area contributed by atoms with E-state index in [0.29, 0.717) is 18.4 Å². The van der Waals surface area contributed by atoms with Gasteiger partial charge in [-0.15, -0.1) is 0 Å². The summed E-state index contributed by atoms with van der Waals surface area (Å²) in [4.78, 5) is 24.2. The number of hydrogen-bond acceptors (Lipinski definition) is 9. The number of hydrogen-bond donors (Lipinski definition) is 5. The minimum absolute atomic E-state index is 0.117. The largest absolute Gasteiger partial charge is 0.481 e. The Bertz CT molecular complexity index is 1020. The van der Waals surface area contributed by atoms with Crippen LogP contribution in [0.1, 0.15) is 87.0 Å². The van der Waals surface area contributed by atoms with Crippen LogP contribution in [0.25, 0.3) is 0 Å². The van der Waals surface area contributed by atoms with Crippen molar-refractivity contribution in [1.29, 1.82) is 0 Å². The maximum absolute atomic E-state index is 13.1. The van der Waals surface area contributed by atoms with Gasteiger partial charge in [0, 0.05) is 17.4 Å². The van der Waals surface area contributed by atoms with Crippen LogP contribution in [0, 0.1) is 28.6 Å². The molecule has 240 valence electrons. The van der Waals surface area contributed by atoms with Crippen LogP contribution in [0.4, 0.5) is 0 Å². The second kappa shape index (κ2) is 13.9. The molecule has 2 aliphatic carbocycles. The molecular formula is C32H52O10. The summed E-state index contributed by atoms with van der Waals surface area (Å²) in [5.74, 6) is -0.733. The number of aliphatic carboxylic acids is 1. The minimum Gasteiger partial charge on any atom is -0.481 e. The van der Waals surface area contributed by atoms with E-state index in [1.165, 1.54) is 5.57 Å². The Morgan fingerprint density at radius 2 is 1.81 bits per heavy atom. The molecule has 1 heterocycles. The van der Waals surface area contributed by atoms with Crippen LogP contribution >= 0.6 is 0 Å². The van der Waals surface area contributed by atoms with E-state index in [9.17, 15) is 30.0 Å². The average Bonchev–Trinajstić information content (AvgIpc) is 2.92. The van der Waals surface area contributed by atoms with Crippen LogP contribution in [0.5, 0.6) is 0 Å². The number of aliphatic hydroxyl groups is 4. The molecule has 1 saturated heterocycles. The number of carboxylic acids is 1. The standard InChI is InChI=1S/C32H52O10/c1-8-18(3)29(39)42-28-21(40-30-27(38)26(37)25(36)22(16-33)41-30)15-32(7)20(12-9-17(2)10-14-24(34)35)19(4)11-13-23(32)31(28,5)6/h8,11,17,20-23,25-28,30,33,36-38H,9-10,12-16H2,1-7H3,(H,34,35)/b18-8-/t17-,20-,21?,22+,23-,25+,26-,27+,28?,30+,32+/m0/s1. The topological polar surface area (TPSA) is 163 Å². The van der Waals surface area contributed by atoms with E-state index in [1.807, 2.05) is 0 Å². The van der Waals surface area contributed by atoms with Crippen LogP contribution in [0.2, 0.25) is 0 Å². The summed E-state index contributed by atoms with van der Waals surface area (Å²) >= 11 is 0. The molecule has 0 spiro atoms. The van der Waals surface area contributed by atoms with Crippen molar-refractivity contribution < 1.29 is 49.3 Å². The normalized spacial score (nSPS) is 39.2. The van der Waals surface area contributed by atoms with Crippen molar-refractivity contribution in [3.05, 3.63) is 23.3 Å². The summed E-state index contributed by atoms with van der Waals surface area (Å²) in [7, 11) is 0. The summed E-state index contributed by atoms with van der Waals surface area (Å²) in [6.45, 7) is 13.5. The van der Waals surface area contributed by atoms with Crippen LogP contribution < -0.4 is 0 Å². The lowest BCUT2D eigenvalue weighted by Gasteiger charge is -2.61. The van der Waals surface area contributed by atoms with Gasteiger partial charge >= 0.3 is 11.9 Å². The van der Waals surface area contributed by atoms with Crippen molar-refractivity contribution in [1.82, 2.24) is 0 Å². The van der Waals surface area contributed by atoms with E-state index in [0.717, 1.165) is 19.3 Å². The summed E-state index contributed by atoms with van der Waals surface area (Å²) in [5, 5.41) is 50.3. The number of fused-ring (bicyclic) bond motifs is 1. The van der Waals surface area contributed by atoms with E-state index in [-0.39, 0.29) is 29.6 Å². The first kappa shape index (κ1) is 34.7. The van der Waals surface area contributed by atoms with Gasteiger partial charge in [0.2, 0.25) is 0 Å². The number of rotatable bonds is 11. The Balaban J connectivity index is 1.97. The second-order valence-corrected chi connectivity index (χ2v) is 13.6. The van der Waals surface area contributed by atoms with Gasteiger partial charge in [-0.1, -0.05) is 51.8 Å².